The summed E-state index contributed by atoms with van der Waals surface area (Å²) in [5, 5.41) is 4.35. The molecular weight excluding hydrogens is 460 g/mol. The number of likely N-dealkylation sites (tertiary alicyclic amines) is 1. The molecule has 10 nitrogen and oxygen atoms in total. The molecule has 0 spiro atoms. The molecule has 2 heterocycles. The van der Waals surface area contributed by atoms with Crippen LogP contribution in [0, 0.1) is 17.8 Å². The minimum Gasteiger partial charge on any atom is -0.496 e. The lowest BCUT2D eigenvalue weighted by atomic mass is 10.1. The Hall–Kier alpha value is -3.75. The van der Waals surface area contributed by atoms with Crippen LogP contribution in [-0.4, -0.2) is 51.7 Å². The fraction of sp³-hybridized carbons (Fsp3) is 0.304. The standard InChI is InChI=1S/C23H24N4O6S/c1-31-17-5-3-4-6-20(17)34(29,30)26-23-22-18(32-2)11-16(12-19(22)33-25-23)14-27-10-9-15(13-27)7-8-21(24)28/h3-6,11-12,15H,9-10,13-14H2,1-2H3,(H2,24,28)(H,25,26). The van der Waals surface area contributed by atoms with Crippen LogP contribution in [0.5, 0.6) is 11.5 Å². The zero-order valence-corrected chi connectivity index (χ0v) is 19.5. The molecule has 0 aliphatic carbocycles. The molecule has 1 aliphatic rings. The number of anilines is 1. The van der Waals surface area contributed by atoms with Crippen molar-refractivity contribution in [1.29, 1.82) is 0 Å². The number of carbonyl (C=O) groups excluding carboxylic acids is 1. The first-order valence-corrected chi connectivity index (χ1v) is 11.9. The fourth-order valence-corrected chi connectivity index (χ4v) is 5.14. The molecule has 1 aromatic heterocycles. The van der Waals surface area contributed by atoms with Gasteiger partial charge in [-0.1, -0.05) is 23.2 Å². The van der Waals surface area contributed by atoms with Gasteiger partial charge in [0.25, 0.3) is 15.9 Å². The Bertz CT molecular complexity index is 1390. The third-order valence-electron chi connectivity index (χ3n) is 5.49. The van der Waals surface area contributed by atoms with Gasteiger partial charge in [0.05, 0.1) is 14.2 Å². The van der Waals surface area contributed by atoms with Crippen molar-refractivity contribution < 1.29 is 27.2 Å². The van der Waals surface area contributed by atoms with Gasteiger partial charge in [0.2, 0.25) is 0 Å². The van der Waals surface area contributed by atoms with Crippen LogP contribution in [0.1, 0.15) is 12.0 Å². The van der Waals surface area contributed by atoms with Gasteiger partial charge in [-0.3, -0.25) is 14.4 Å². The van der Waals surface area contributed by atoms with Gasteiger partial charge in [-0.15, -0.1) is 0 Å². The highest BCUT2D eigenvalue weighted by Gasteiger charge is 2.25. The van der Waals surface area contributed by atoms with Crippen molar-refractivity contribution >= 4 is 32.7 Å². The lowest BCUT2D eigenvalue weighted by molar-refractivity contribution is -0.112. The molecule has 1 fully saturated rings. The van der Waals surface area contributed by atoms with E-state index in [1.54, 1.807) is 24.3 Å². The SMILES string of the molecule is COc1ccccc1S(=O)(=O)Nc1noc2cc(CN3CCC(C#CC(N)=O)C3)cc(OC)c12. The number of amides is 1. The molecule has 178 valence electrons. The van der Waals surface area contributed by atoms with Crippen LogP contribution in [0.2, 0.25) is 0 Å². The van der Waals surface area contributed by atoms with E-state index in [9.17, 15) is 13.2 Å². The number of nitrogens with zero attached hydrogens (tertiary/aromatic N) is 2. The lowest BCUT2D eigenvalue weighted by Crippen LogP contribution is -2.20. The van der Waals surface area contributed by atoms with Crippen LogP contribution in [-0.2, 0) is 21.4 Å². The molecule has 1 unspecified atom stereocenters. The summed E-state index contributed by atoms with van der Waals surface area (Å²) in [5.41, 5.74) is 6.39. The Kier molecular flexibility index (Phi) is 6.63. The minimum absolute atomic E-state index is 0.0206. The van der Waals surface area contributed by atoms with Crippen LogP contribution in [0.4, 0.5) is 5.82 Å². The second-order valence-corrected chi connectivity index (χ2v) is 9.46. The second-order valence-electron chi connectivity index (χ2n) is 7.81. The van der Waals surface area contributed by atoms with Crippen LogP contribution >= 0.6 is 0 Å². The number of rotatable bonds is 7. The van der Waals surface area contributed by atoms with E-state index < -0.39 is 15.9 Å². The molecule has 2 aromatic carbocycles. The van der Waals surface area contributed by atoms with Gasteiger partial charge in [-0.05, 0) is 48.7 Å². The van der Waals surface area contributed by atoms with Crippen molar-refractivity contribution in [1.82, 2.24) is 10.1 Å². The van der Waals surface area contributed by atoms with Gasteiger partial charge < -0.3 is 19.7 Å². The van der Waals surface area contributed by atoms with Crippen molar-refractivity contribution in [3.8, 4) is 23.3 Å². The summed E-state index contributed by atoms with van der Waals surface area (Å²) in [7, 11) is -1.10. The summed E-state index contributed by atoms with van der Waals surface area (Å²) in [6, 6.07) is 9.91. The van der Waals surface area contributed by atoms with E-state index in [1.807, 2.05) is 6.07 Å². The zero-order chi connectivity index (χ0) is 24.3. The molecular formula is C23H24N4O6S. The van der Waals surface area contributed by atoms with Crippen LogP contribution in [0.3, 0.4) is 0 Å². The van der Waals surface area contributed by atoms with Crippen LogP contribution in [0.25, 0.3) is 11.0 Å². The van der Waals surface area contributed by atoms with Gasteiger partial charge in [0, 0.05) is 19.0 Å². The third kappa shape index (κ3) is 4.93. The van der Waals surface area contributed by atoms with Crippen molar-refractivity contribution in [2.45, 2.75) is 17.9 Å². The molecule has 0 radical (unpaired) electrons. The molecule has 1 atom stereocenters. The molecule has 34 heavy (non-hydrogen) atoms. The van der Waals surface area contributed by atoms with Gasteiger partial charge in [-0.25, -0.2) is 8.42 Å². The number of sulfonamides is 1. The first kappa shape index (κ1) is 23.4. The highest BCUT2D eigenvalue weighted by atomic mass is 32.2. The number of primary amides is 1. The monoisotopic (exact) mass is 484 g/mol. The number of hydrogen-bond donors (Lipinski definition) is 2. The minimum atomic E-state index is -4.00. The Balaban J connectivity index is 1.58. The normalized spacial score (nSPS) is 16.1. The van der Waals surface area contributed by atoms with E-state index in [0.29, 0.717) is 29.8 Å². The van der Waals surface area contributed by atoms with Crippen molar-refractivity contribution in [3.05, 3.63) is 42.0 Å². The number of carbonyl (C=O) groups is 1. The highest BCUT2D eigenvalue weighted by Crippen LogP contribution is 2.36. The lowest BCUT2D eigenvalue weighted by Gasteiger charge is -2.16. The quantitative estimate of drug-likeness (QED) is 0.486. The predicted molar refractivity (Wildman–Crippen MR) is 125 cm³/mol. The summed E-state index contributed by atoms with van der Waals surface area (Å²) in [6.45, 7) is 2.13. The van der Waals surface area contributed by atoms with Crippen LogP contribution < -0.4 is 19.9 Å². The van der Waals surface area contributed by atoms with Crippen molar-refractivity contribution in [2.24, 2.45) is 11.7 Å². The number of aromatic nitrogens is 1. The molecule has 11 heteroatoms. The molecule has 1 saturated heterocycles. The Morgan fingerprint density at radius 1 is 1.26 bits per heavy atom. The largest absolute Gasteiger partial charge is 0.496 e. The van der Waals surface area contributed by atoms with Gasteiger partial charge >= 0.3 is 0 Å². The van der Waals surface area contributed by atoms with E-state index in [2.05, 4.69) is 26.6 Å². The Morgan fingerprint density at radius 3 is 2.76 bits per heavy atom. The Labute approximate surface area is 197 Å². The zero-order valence-electron chi connectivity index (χ0n) is 18.7. The number of benzene rings is 2. The Morgan fingerprint density at radius 2 is 2.03 bits per heavy atom. The predicted octanol–water partition coefficient (Wildman–Crippen LogP) is 1.96. The van der Waals surface area contributed by atoms with Crippen LogP contribution in [0.15, 0.2) is 45.8 Å². The maximum atomic E-state index is 13.0. The molecule has 3 N–H and O–H groups in total. The van der Waals surface area contributed by atoms with E-state index in [1.165, 1.54) is 20.3 Å². The number of methoxy groups -OCH3 is 2. The molecule has 3 aromatic rings. The molecule has 1 amide bonds. The highest BCUT2D eigenvalue weighted by molar-refractivity contribution is 7.92. The number of para-hydroxylation sites is 1. The average Bonchev–Trinajstić information content (AvgIpc) is 3.43. The molecule has 1 aliphatic heterocycles. The summed E-state index contributed by atoms with van der Waals surface area (Å²) < 4.78 is 44.6. The average molecular weight is 485 g/mol. The van der Waals surface area contributed by atoms with Crippen molar-refractivity contribution in [3.63, 3.8) is 0 Å². The smallest absolute Gasteiger partial charge is 0.293 e. The number of hydrogen-bond acceptors (Lipinski definition) is 8. The second kappa shape index (κ2) is 9.62. The summed E-state index contributed by atoms with van der Waals surface area (Å²) in [5.74, 6) is 5.42. The van der Waals surface area contributed by atoms with Gasteiger partial charge in [0.1, 0.15) is 21.8 Å². The summed E-state index contributed by atoms with van der Waals surface area (Å²) in [4.78, 5) is 13.1. The van der Waals surface area contributed by atoms with E-state index >= 15 is 0 Å². The first-order valence-electron chi connectivity index (χ1n) is 10.5. The number of nitrogens with two attached hydrogens (primary N) is 1. The third-order valence-corrected chi connectivity index (χ3v) is 6.86. The van der Waals surface area contributed by atoms with E-state index in [0.717, 1.165) is 18.5 Å². The molecule has 0 bridgehead atoms. The fourth-order valence-electron chi connectivity index (χ4n) is 3.96. The topological polar surface area (TPSA) is 137 Å². The maximum Gasteiger partial charge on any atom is 0.293 e. The van der Waals surface area contributed by atoms with Gasteiger partial charge in [-0.2, -0.15) is 0 Å². The van der Waals surface area contributed by atoms with Gasteiger partial charge in [0.15, 0.2) is 11.4 Å². The number of nitrogens with one attached hydrogen (secondary N) is 1. The van der Waals surface area contributed by atoms with Crippen molar-refractivity contribution in [2.75, 3.05) is 32.0 Å². The summed E-state index contributed by atoms with van der Waals surface area (Å²) >= 11 is 0. The van der Waals surface area contributed by atoms with E-state index in [-0.39, 0.29) is 22.4 Å². The number of fused-ring (bicyclic) bond motifs is 1. The summed E-state index contributed by atoms with van der Waals surface area (Å²) in [6.07, 6.45) is 0.844. The van der Waals surface area contributed by atoms with E-state index in [4.69, 9.17) is 19.7 Å². The number of ether oxygens (including phenoxy) is 2. The maximum absolute atomic E-state index is 13.0. The molecule has 4 rings (SSSR count). The first-order chi connectivity index (χ1) is 16.3. The molecule has 0 saturated carbocycles.